The van der Waals surface area contributed by atoms with Crippen LogP contribution in [0.15, 0.2) is 0 Å². The smallest absolute Gasteiger partial charge is 0.333 e. The van der Waals surface area contributed by atoms with Crippen molar-refractivity contribution in [2.75, 3.05) is 13.1 Å². The van der Waals surface area contributed by atoms with E-state index in [4.69, 9.17) is 0 Å². The van der Waals surface area contributed by atoms with Gasteiger partial charge in [-0.15, -0.1) is 0 Å². The number of nitrogens with zero attached hydrogens (tertiary/aromatic N) is 1. The molecule has 5 heteroatoms. The van der Waals surface area contributed by atoms with Crippen LogP contribution in [0.4, 0.5) is 13.2 Å². The summed E-state index contributed by atoms with van der Waals surface area (Å²) in [5.74, 6) is -0.625. The Kier molecular flexibility index (Phi) is 2.30. The van der Waals surface area contributed by atoms with Crippen LogP contribution >= 0.6 is 0 Å². The van der Waals surface area contributed by atoms with Crippen LogP contribution in [0.2, 0.25) is 0 Å². The number of hydrogen-bond donors (Lipinski definition) is 0. The molecular formula is C7H10F3NO. The Hall–Kier alpha value is -0.740. The summed E-state index contributed by atoms with van der Waals surface area (Å²) in [7, 11) is 0. The number of rotatable bonds is 1. The van der Waals surface area contributed by atoms with Gasteiger partial charge >= 0.3 is 6.18 Å². The summed E-state index contributed by atoms with van der Waals surface area (Å²) in [6.07, 6.45) is -3.73. The van der Waals surface area contributed by atoms with Gasteiger partial charge < -0.3 is 4.90 Å². The molecule has 0 aromatic heterocycles. The van der Waals surface area contributed by atoms with Crippen molar-refractivity contribution in [2.45, 2.75) is 19.5 Å². The molecule has 1 aliphatic rings. The van der Waals surface area contributed by atoms with E-state index >= 15 is 0 Å². The molecule has 1 atom stereocenters. The molecule has 0 saturated carbocycles. The van der Waals surface area contributed by atoms with Crippen LogP contribution in [0, 0.1) is 5.92 Å². The zero-order valence-electron chi connectivity index (χ0n) is 6.69. The third-order valence-electron chi connectivity index (χ3n) is 1.94. The fraction of sp³-hybridized carbons (Fsp3) is 0.857. The zero-order valence-corrected chi connectivity index (χ0v) is 6.69. The monoisotopic (exact) mass is 181 g/mol. The predicted octanol–water partition coefficient (Wildman–Crippen LogP) is 1.42. The number of carbonyl (C=O) groups is 1. The minimum Gasteiger partial charge on any atom is -0.333 e. The minimum absolute atomic E-state index is 0.236. The Labute approximate surface area is 68.3 Å². The van der Waals surface area contributed by atoms with Crippen LogP contribution in [0.5, 0.6) is 0 Å². The third kappa shape index (κ3) is 2.12. The van der Waals surface area contributed by atoms with E-state index in [-0.39, 0.29) is 18.4 Å². The third-order valence-corrected chi connectivity index (χ3v) is 1.94. The van der Waals surface area contributed by atoms with E-state index in [2.05, 4.69) is 0 Å². The summed E-state index contributed by atoms with van der Waals surface area (Å²) in [6, 6.07) is 0. The van der Waals surface area contributed by atoms with E-state index in [1.165, 1.54) is 0 Å². The maximum absolute atomic E-state index is 11.8. The molecule has 1 saturated heterocycles. The summed E-state index contributed by atoms with van der Waals surface area (Å²) in [6.45, 7) is 0.786. The first-order valence-electron chi connectivity index (χ1n) is 3.75. The number of alkyl halides is 3. The van der Waals surface area contributed by atoms with Gasteiger partial charge in [-0.25, -0.2) is 0 Å². The van der Waals surface area contributed by atoms with Crippen molar-refractivity contribution in [3.63, 3.8) is 0 Å². The maximum Gasteiger partial charge on any atom is 0.406 e. The largest absolute Gasteiger partial charge is 0.406 e. The molecule has 1 heterocycles. The summed E-state index contributed by atoms with van der Waals surface area (Å²) in [5, 5.41) is 0. The van der Waals surface area contributed by atoms with E-state index in [0.717, 1.165) is 4.90 Å². The molecule has 0 spiro atoms. The number of halogens is 3. The normalized spacial score (nSPS) is 25.2. The molecule has 0 bridgehead atoms. The van der Waals surface area contributed by atoms with E-state index < -0.39 is 12.7 Å². The molecule has 1 fully saturated rings. The highest BCUT2D eigenvalue weighted by Crippen LogP contribution is 2.23. The minimum atomic E-state index is -4.26. The fourth-order valence-electron chi connectivity index (χ4n) is 1.27. The van der Waals surface area contributed by atoms with E-state index in [1.54, 1.807) is 6.92 Å². The van der Waals surface area contributed by atoms with Crippen molar-refractivity contribution in [1.29, 1.82) is 0 Å². The zero-order chi connectivity index (χ0) is 9.35. The summed E-state index contributed by atoms with van der Waals surface area (Å²) in [5.41, 5.74) is 0. The lowest BCUT2D eigenvalue weighted by Crippen LogP contribution is -2.35. The molecule has 70 valence electrons. The van der Waals surface area contributed by atoms with Crippen LogP contribution in [0.1, 0.15) is 13.3 Å². The van der Waals surface area contributed by atoms with Gasteiger partial charge in [0.05, 0.1) is 0 Å². The van der Waals surface area contributed by atoms with Crippen LogP contribution in [0.3, 0.4) is 0 Å². The van der Waals surface area contributed by atoms with Gasteiger partial charge in [0.25, 0.3) is 0 Å². The first-order valence-corrected chi connectivity index (χ1v) is 3.75. The van der Waals surface area contributed by atoms with Crippen LogP contribution in [-0.2, 0) is 4.79 Å². The SMILES string of the molecule is C[C@@H]1CCN(CC(F)(F)F)C1=O. The second-order valence-electron chi connectivity index (χ2n) is 3.06. The lowest BCUT2D eigenvalue weighted by Gasteiger charge is -2.17. The van der Waals surface area contributed by atoms with E-state index in [1.807, 2.05) is 0 Å². The first-order chi connectivity index (χ1) is 5.40. The number of likely N-dealkylation sites (tertiary alicyclic amines) is 1. The quantitative estimate of drug-likeness (QED) is 0.599. The molecule has 0 aromatic rings. The Morgan fingerprint density at radius 2 is 2.17 bits per heavy atom. The van der Waals surface area contributed by atoms with E-state index in [0.29, 0.717) is 6.42 Å². The molecule has 2 nitrogen and oxygen atoms in total. The lowest BCUT2D eigenvalue weighted by molar-refractivity contribution is -0.158. The lowest BCUT2D eigenvalue weighted by atomic mass is 10.1. The molecule has 1 amide bonds. The number of amides is 1. The molecule has 0 unspecified atom stereocenters. The van der Waals surface area contributed by atoms with Gasteiger partial charge in [0, 0.05) is 12.5 Å². The molecule has 1 rings (SSSR count). The van der Waals surface area contributed by atoms with Gasteiger partial charge in [0.15, 0.2) is 0 Å². The van der Waals surface area contributed by atoms with Crippen LogP contribution < -0.4 is 0 Å². The van der Waals surface area contributed by atoms with Crippen LogP contribution in [-0.4, -0.2) is 30.1 Å². The van der Waals surface area contributed by atoms with Crippen molar-refractivity contribution in [3.8, 4) is 0 Å². The summed E-state index contributed by atoms with van der Waals surface area (Å²) < 4.78 is 35.4. The van der Waals surface area contributed by atoms with Gasteiger partial charge in [-0.1, -0.05) is 6.92 Å². The van der Waals surface area contributed by atoms with Gasteiger partial charge in [0.1, 0.15) is 6.54 Å². The molecular weight excluding hydrogens is 171 g/mol. The second kappa shape index (κ2) is 2.95. The van der Waals surface area contributed by atoms with Crippen molar-refractivity contribution >= 4 is 5.91 Å². The van der Waals surface area contributed by atoms with Crippen molar-refractivity contribution < 1.29 is 18.0 Å². The van der Waals surface area contributed by atoms with Crippen molar-refractivity contribution in [2.24, 2.45) is 5.92 Å². The Bertz CT molecular complexity index is 190. The Balaban J connectivity index is 2.50. The van der Waals surface area contributed by atoms with Gasteiger partial charge in [-0.2, -0.15) is 13.2 Å². The molecule has 1 aliphatic heterocycles. The molecule has 0 aromatic carbocycles. The maximum atomic E-state index is 11.8. The van der Waals surface area contributed by atoms with Gasteiger partial charge in [0.2, 0.25) is 5.91 Å². The fourth-order valence-corrected chi connectivity index (χ4v) is 1.27. The summed E-state index contributed by atoms with van der Waals surface area (Å²) >= 11 is 0. The first kappa shape index (κ1) is 9.35. The molecule has 0 radical (unpaired) electrons. The predicted molar refractivity (Wildman–Crippen MR) is 36.4 cm³/mol. The Morgan fingerprint density at radius 1 is 1.58 bits per heavy atom. The molecule has 12 heavy (non-hydrogen) atoms. The van der Waals surface area contributed by atoms with Crippen LogP contribution in [0.25, 0.3) is 0 Å². The number of carbonyl (C=O) groups excluding carboxylic acids is 1. The van der Waals surface area contributed by atoms with Gasteiger partial charge in [-0.05, 0) is 6.42 Å². The average molecular weight is 181 g/mol. The highest BCUT2D eigenvalue weighted by molar-refractivity contribution is 5.80. The Morgan fingerprint density at radius 3 is 2.50 bits per heavy atom. The molecule has 0 aliphatic carbocycles. The average Bonchev–Trinajstić information content (AvgIpc) is 2.16. The summed E-state index contributed by atoms with van der Waals surface area (Å²) in [4.78, 5) is 11.9. The topological polar surface area (TPSA) is 20.3 Å². The van der Waals surface area contributed by atoms with Crippen molar-refractivity contribution in [1.82, 2.24) is 4.90 Å². The van der Waals surface area contributed by atoms with E-state index in [9.17, 15) is 18.0 Å². The molecule has 0 N–H and O–H groups in total. The highest BCUT2D eigenvalue weighted by atomic mass is 19.4. The standard InChI is InChI=1S/C7H10F3NO/c1-5-2-3-11(6(5)12)4-7(8,9)10/h5H,2-4H2,1H3/t5-/m1/s1. The second-order valence-corrected chi connectivity index (χ2v) is 3.06. The highest BCUT2D eigenvalue weighted by Gasteiger charge is 2.37. The van der Waals surface area contributed by atoms with Crippen molar-refractivity contribution in [3.05, 3.63) is 0 Å². The van der Waals surface area contributed by atoms with Gasteiger partial charge in [-0.3, -0.25) is 4.79 Å². The number of hydrogen-bond acceptors (Lipinski definition) is 1.